The van der Waals surface area contributed by atoms with Gasteiger partial charge in [0.2, 0.25) is 5.91 Å². The Morgan fingerprint density at radius 1 is 1.40 bits per heavy atom. The molecule has 20 heavy (non-hydrogen) atoms. The lowest BCUT2D eigenvalue weighted by Crippen LogP contribution is -2.53. The van der Waals surface area contributed by atoms with Gasteiger partial charge in [0.1, 0.15) is 0 Å². The molecule has 1 amide bonds. The Kier molecular flexibility index (Phi) is 6.20. The molecule has 0 atom stereocenters. The summed E-state index contributed by atoms with van der Waals surface area (Å²) in [5.41, 5.74) is 0.802. The van der Waals surface area contributed by atoms with Crippen molar-refractivity contribution >= 4 is 23.6 Å². The number of benzene rings is 1. The van der Waals surface area contributed by atoms with Crippen molar-refractivity contribution in [2.75, 3.05) is 13.2 Å². The number of nitrogens with one attached hydrogen (secondary N) is 1. The summed E-state index contributed by atoms with van der Waals surface area (Å²) in [4.78, 5) is 11.8. The first kappa shape index (κ1) is 16.7. The number of amides is 1. The van der Waals surface area contributed by atoms with E-state index in [1.54, 1.807) is 19.1 Å². The van der Waals surface area contributed by atoms with Gasteiger partial charge in [-0.3, -0.25) is 4.79 Å². The Hall–Kier alpha value is -1.36. The zero-order valence-corrected chi connectivity index (χ0v) is 12.4. The molecule has 0 aliphatic carbocycles. The van der Waals surface area contributed by atoms with E-state index in [9.17, 15) is 15.0 Å². The van der Waals surface area contributed by atoms with Crippen molar-refractivity contribution in [3.8, 4) is 0 Å². The lowest BCUT2D eigenvalue weighted by molar-refractivity contribution is -0.119. The van der Waals surface area contributed by atoms with Gasteiger partial charge in [0.05, 0.1) is 18.8 Å². The number of halogens is 1. The molecular weight excluding hydrogens is 278 g/mol. The molecule has 3 N–H and O–H groups in total. The molecule has 0 aromatic heterocycles. The summed E-state index contributed by atoms with van der Waals surface area (Å²) in [5.74, 6) is -0.369. The summed E-state index contributed by atoms with van der Waals surface area (Å²) in [5, 5.41) is 21.8. The van der Waals surface area contributed by atoms with E-state index in [4.69, 9.17) is 11.6 Å². The third-order valence-electron chi connectivity index (χ3n) is 3.29. The minimum absolute atomic E-state index is 0.310. The van der Waals surface area contributed by atoms with Crippen LogP contribution in [-0.2, 0) is 4.79 Å². The van der Waals surface area contributed by atoms with Gasteiger partial charge in [0.25, 0.3) is 0 Å². The molecule has 4 nitrogen and oxygen atoms in total. The molecule has 5 heteroatoms. The third kappa shape index (κ3) is 4.34. The van der Waals surface area contributed by atoms with Crippen LogP contribution in [0.2, 0.25) is 5.02 Å². The number of hydrogen-bond acceptors (Lipinski definition) is 3. The Morgan fingerprint density at radius 2 is 2.05 bits per heavy atom. The first-order valence-corrected chi connectivity index (χ1v) is 6.82. The number of aryl methyl sites for hydroxylation is 1. The SMILES string of the molecule is CCC(CO)(CO)NC(=O)/C=C/c1ccc(C)c(Cl)c1. The van der Waals surface area contributed by atoms with Gasteiger partial charge in [0.15, 0.2) is 0 Å². The fraction of sp³-hybridized carbons (Fsp3) is 0.400. The van der Waals surface area contributed by atoms with Gasteiger partial charge in [-0.25, -0.2) is 0 Å². The molecule has 0 heterocycles. The van der Waals surface area contributed by atoms with Gasteiger partial charge in [-0.05, 0) is 36.6 Å². The van der Waals surface area contributed by atoms with Crippen LogP contribution in [0, 0.1) is 6.92 Å². The Morgan fingerprint density at radius 3 is 2.55 bits per heavy atom. The van der Waals surface area contributed by atoms with Crippen molar-refractivity contribution in [2.24, 2.45) is 0 Å². The van der Waals surface area contributed by atoms with E-state index in [2.05, 4.69) is 5.32 Å². The van der Waals surface area contributed by atoms with Crippen LogP contribution in [-0.4, -0.2) is 34.9 Å². The third-order valence-corrected chi connectivity index (χ3v) is 3.70. The smallest absolute Gasteiger partial charge is 0.244 e. The molecule has 0 aliphatic heterocycles. The summed E-state index contributed by atoms with van der Waals surface area (Å²) in [7, 11) is 0. The van der Waals surface area contributed by atoms with Crippen LogP contribution in [0.15, 0.2) is 24.3 Å². The number of carbonyl (C=O) groups excluding carboxylic acids is 1. The number of carbonyl (C=O) groups is 1. The van der Waals surface area contributed by atoms with E-state index in [0.29, 0.717) is 11.4 Å². The van der Waals surface area contributed by atoms with Gasteiger partial charge in [0, 0.05) is 11.1 Å². The second kappa shape index (κ2) is 7.43. The van der Waals surface area contributed by atoms with Gasteiger partial charge in [-0.2, -0.15) is 0 Å². The zero-order valence-electron chi connectivity index (χ0n) is 11.7. The highest BCUT2D eigenvalue weighted by atomic mass is 35.5. The normalized spacial score (nSPS) is 11.8. The zero-order chi connectivity index (χ0) is 15.2. The van der Waals surface area contributed by atoms with Crippen molar-refractivity contribution < 1.29 is 15.0 Å². The maximum absolute atomic E-state index is 11.8. The maximum Gasteiger partial charge on any atom is 0.244 e. The Labute approximate surface area is 124 Å². The van der Waals surface area contributed by atoms with Crippen LogP contribution in [0.25, 0.3) is 6.08 Å². The molecule has 0 radical (unpaired) electrons. The fourth-order valence-corrected chi connectivity index (χ4v) is 1.82. The fourth-order valence-electron chi connectivity index (χ4n) is 1.63. The maximum atomic E-state index is 11.8. The van der Waals surface area contributed by atoms with Crippen molar-refractivity contribution in [1.29, 1.82) is 0 Å². The summed E-state index contributed by atoms with van der Waals surface area (Å²) in [6, 6.07) is 5.50. The quantitative estimate of drug-likeness (QED) is 0.703. The standard InChI is InChI=1S/C15H20ClNO3/c1-3-15(9-18,10-19)17-14(20)7-6-12-5-4-11(2)13(16)8-12/h4-8,18-19H,3,9-10H2,1-2H3,(H,17,20)/b7-6+. The summed E-state index contributed by atoms with van der Waals surface area (Å²) >= 11 is 6.00. The Balaban J connectivity index is 2.74. The van der Waals surface area contributed by atoms with Crippen LogP contribution in [0.3, 0.4) is 0 Å². The molecule has 1 aromatic carbocycles. The van der Waals surface area contributed by atoms with Crippen molar-refractivity contribution in [3.63, 3.8) is 0 Å². The molecule has 0 fully saturated rings. The molecule has 0 unspecified atom stereocenters. The highest BCUT2D eigenvalue weighted by molar-refractivity contribution is 6.31. The first-order chi connectivity index (χ1) is 9.46. The molecule has 0 saturated heterocycles. The first-order valence-electron chi connectivity index (χ1n) is 6.44. The molecule has 0 aliphatic rings. The molecule has 1 rings (SSSR count). The monoisotopic (exact) mass is 297 g/mol. The van der Waals surface area contributed by atoms with Crippen LogP contribution in [0.1, 0.15) is 24.5 Å². The van der Waals surface area contributed by atoms with Crippen LogP contribution in [0.5, 0.6) is 0 Å². The average molecular weight is 298 g/mol. The summed E-state index contributed by atoms with van der Waals surface area (Å²) in [6.07, 6.45) is 3.43. The second-order valence-corrected chi connectivity index (χ2v) is 5.19. The molecular formula is C15H20ClNO3. The van der Waals surface area contributed by atoms with Gasteiger partial charge >= 0.3 is 0 Å². The lowest BCUT2D eigenvalue weighted by Gasteiger charge is -2.29. The highest BCUT2D eigenvalue weighted by Crippen LogP contribution is 2.17. The van der Waals surface area contributed by atoms with Crippen LogP contribution >= 0.6 is 11.6 Å². The number of rotatable bonds is 6. The molecule has 110 valence electrons. The summed E-state index contributed by atoms with van der Waals surface area (Å²) < 4.78 is 0. The van der Waals surface area contributed by atoms with E-state index < -0.39 is 5.54 Å². The predicted molar refractivity (Wildman–Crippen MR) is 80.6 cm³/mol. The van der Waals surface area contributed by atoms with E-state index in [0.717, 1.165) is 11.1 Å². The Bertz CT molecular complexity index is 488. The van der Waals surface area contributed by atoms with Gasteiger partial charge in [-0.1, -0.05) is 30.7 Å². The molecule has 1 aromatic rings. The van der Waals surface area contributed by atoms with E-state index in [1.807, 2.05) is 19.1 Å². The topological polar surface area (TPSA) is 69.6 Å². The highest BCUT2D eigenvalue weighted by Gasteiger charge is 2.27. The van der Waals surface area contributed by atoms with E-state index in [1.165, 1.54) is 6.08 Å². The van der Waals surface area contributed by atoms with E-state index in [-0.39, 0.29) is 19.1 Å². The second-order valence-electron chi connectivity index (χ2n) is 4.78. The van der Waals surface area contributed by atoms with Crippen LogP contribution in [0.4, 0.5) is 0 Å². The van der Waals surface area contributed by atoms with E-state index >= 15 is 0 Å². The number of aliphatic hydroxyl groups is 2. The molecule has 0 spiro atoms. The minimum atomic E-state index is -0.980. The summed E-state index contributed by atoms with van der Waals surface area (Å²) in [6.45, 7) is 3.07. The molecule has 0 saturated carbocycles. The molecule has 0 bridgehead atoms. The number of hydrogen-bond donors (Lipinski definition) is 3. The minimum Gasteiger partial charge on any atom is -0.394 e. The lowest BCUT2D eigenvalue weighted by atomic mass is 9.98. The number of aliphatic hydroxyl groups excluding tert-OH is 2. The predicted octanol–water partition coefficient (Wildman–Crippen LogP) is 1.91. The largest absolute Gasteiger partial charge is 0.394 e. The van der Waals surface area contributed by atoms with Gasteiger partial charge < -0.3 is 15.5 Å². The van der Waals surface area contributed by atoms with Crippen molar-refractivity contribution in [3.05, 3.63) is 40.4 Å². The van der Waals surface area contributed by atoms with Gasteiger partial charge in [-0.15, -0.1) is 0 Å². The van der Waals surface area contributed by atoms with Crippen molar-refractivity contribution in [2.45, 2.75) is 25.8 Å². The van der Waals surface area contributed by atoms with Crippen molar-refractivity contribution in [1.82, 2.24) is 5.32 Å². The average Bonchev–Trinajstić information content (AvgIpc) is 2.46. The van der Waals surface area contributed by atoms with Crippen LogP contribution < -0.4 is 5.32 Å².